The quantitative estimate of drug-likeness (QED) is 0.645. The molecule has 0 fully saturated rings. The summed E-state index contributed by atoms with van der Waals surface area (Å²) in [6.45, 7) is 9.68. The lowest BCUT2D eigenvalue weighted by molar-refractivity contribution is 0.0703. The maximum atomic E-state index is 8.63. The van der Waals surface area contributed by atoms with E-state index in [1.54, 1.807) is 0 Å². The van der Waals surface area contributed by atoms with Gasteiger partial charge in [-0.1, -0.05) is 31.5 Å². The molecule has 0 heterocycles. The maximum absolute atomic E-state index is 8.63. The first-order valence-electron chi connectivity index (χ1n) is 7.25. The van der Waals surface area contributed by atoms with Crippen molar-refractivity contribution in [3.63, 3.8) is 0 Å². The van der Waals surface area contributed by atoms with Gasteiger partial charge in [-0.3, -0.25) is 0 Å². The Kier molecular flexibility index (Phi) is 8.26. The number of hydrogen-bond donors (Lipinski definition) is 2. The van der Waals surface area contributed by atoms with Crippen molar-refractivity contribution in [1.82, 2.24) is 5.32 Å². The van der Waals surface area contributed by atoms with Gasteiger partial charge < -0.3 is 19.9 Å². The third kappa shape index (κ3) is 6.89. The van der Waals surface area contributed by atoms with Gasteiger partial charge in [0.15, 0.2) is 0 Å². The Morgan fingerprint density at radius 2 is 2.00 bits per heavy atom. The van der Waals surface area contributed by atoms with E-state index in [2.05, 4.69) is 38.2 Å². The minimum Gasteiger partial charge on any atom is -0.491 e. The number of nitrogens with one attached hydrogen (secondary N) is 1. The van der Waals surface area contributed by atoms with Gasteiger partial charge in [-0.05, 0) is 25.5 Å². The van der Waals surface area contributed by atoms with Gasteiger partial charge in [0.1, 0.15) is 12.4 Å². The average Bonchev–Trinajstić information content (AvgIpc) is 2.40. The van der Waals surface area contributed by atoms with Crippen molar-refractivity contribution < 1.29 is 14.6 Å². The van der Waals surface area contributed by atoms with Gasteiger partial charge in [0.05, 0.1) is 19.8 Å². The smallest absolute Gasteiger partial charge is 0.123 e. The highest BCUT2D eigenvalue weighted by Crippen LogP contribution is 2.20. The van der Waals surface area contributed by atoms with Crippen molar-refractivity contribution >= 4 is 0 Å². The van der Waals surface area contributed by atoms with E-state index in [0.717, 1.165) is 18.8 Å². The molecule has 2 N–H and O–H groups in total. The molecule has 0 radical (unpaired) electrons. The van der Waals surface area contributed by atoms with E-state index in [1.165, 1.54) is 11.1 Å². The topological polar surface area (TPSA) is 50.7 Å². The lowest BCUT2D eigenvalue weighted by atomic mass is 10.1. The fourth-order valence-corrected chi connectivity index (χ4v) is 1.86. The van der Waals surface area contributed by atoms with Crippen molar-refractivity contribution in [2.75, 3.05) is 33.0 Å². The molecule has 4 nitrogen and oxygen atoms in total. The third-order valence-corrected chi connectivity index (χ3v) is 2.80. The average molecular weight is 281 g/mol. The van der Waals surface area contributed by atoms with Crippen molar-refractivity contribution in [3.8, 4) is 5.75 Å². The molecule has 0 bridgehead atoms. The number of aliphatic hydroxyl groups excluding tert-OH is 1. The van der Waals surface area contributed by atoms with E-state index in [4.69, 9.17) is 14.6 Å². The largest absolute Gasteiger partial charge is 0.491 e. The predicted octanol–water partition coefficient (Wildman–Crippen LogP) is 2.13. The second-order valence-electron chi connectivity index (χ2n) is 5.32. The summed E-state index contributed by atoms with van der Waals surface area (Å²) < 4.78 is 10.9. The lowest BCUT2D eigenvalue weighted by Crippen LogP contribution is -2.20. The molecule has 0 unspecified atom stereocenters. The Hall–Kier alpha value is -1.10. The first-order valence-corrected chi connectivity index (χ1v) is 7.25. The summed E-state index contributed by atoms with van der Waals surface area (Å²) in [5, 5.41) is 12.1. The van der Waals surface area contributed by atoms with Gasteiger partial charge in [0.2, 0.25) is 0 Å². The van der Waals surface area contributed by atoms with Crippen LogP contribution in [0.3, 0.4) is 0 Å². The van der Waals surface area contributed by atoms with Crippen LogP contribution in [-0.2, 0) is 11.3 Å². The lowest BCUT2D eigenvalue weighted by Gasteiger charge is -2.14. The first-order chi connectivity index (χ1) is 9.63. The monoisotopic (exact) mass is 281 g/mol. The third-order valence-electron chi connectivity index (χ3n) is 2.80. The zero-order chi connectivity index (χ0) is 14.8. The number of aryl methyl sites for hydroxylation is 1. The normalized spacial score (nSPS) is 11.1. The van der Waals surface area contributed by atoms with Crippen LogP contribution in [0.15, 0.2) is 18.2 Å². The van der Waals surface area contributed by atoms with Crippen LogP contribution in [0.4, 0.5) is 0 Å². The van der Waals surface area contributed by atoms with E-state index in [9.17, 15) is 0 Å². The summed E-state index contributed by atoms with van der Waals surface area (Å²) in [5.41, 5.74) is 2.41. The molecule has 114 valence electrons. The summed E-state index contributed by atoms with van der Waals surface area (Å²) in [6, 6.07) is 6.21. The Labute approximate surface area is 122 Å². The van der Waals surface area contributed by atoms with Crippen molar-refractivity contribution in [1.29, 1.82) is 0 Å². The molecule has 1 rings (SSSR count). The van der Waals surface area contributed by atoms with Gasteiger partial charge in [-0.15, -0.1) is 0 Å². The van der Waals surface area contributed by atoms with Gasteiger partial charge in [-0.2, -0.15) is 0 Å². The molecule has 0 atom stereocenters. The molecule has 0 aliphatic carbocycles. The zero-order valence-corrected chi connectivity index (χ0v) is 12.8. The molecule has 0 aliphatic rings. The minimum atomic E-state index is 0.0505. The highest BCUT2D eigenvalue weighted by Gasteiger charge is 2.04. The van der Waals surface area contributed by atoms with Gasteiger partial charge in [0, 0.05) is 12.1 Å². The van der Waals surface area contributed by atoms with E-state index >= 15 is 0 Å². The fourth-order valence-electron chi connectivity index (χ4n) is 1.86. The summed E-state index contributed by atoms with van der Waals surface area (Å²) >= 11 is 0. The summed E-state index contributed by atoms with van der Waals surface area (Å²) in [7, 11) is 0. The van der Waals surface area contributed by atoms with Crippen LogP contribution in [0.1, 0.15) is 25.0 Å². The Morgan fingerprint density at radius 3 is 2.70 bits per heavy atom. The summed E-state index contributed by atoms with van der Waals surface area (Å²) in [5.74, 6) is 1.54. The first kappa shape index (κ1) is 17.0. The predicted molar refractivity (Wildman–Crippen MR) is 81.1 cm³/mol. The molecule has 20 heavy (non-hydrogen) atoms. The van der Waals surface area contributed by atoms with Crippen molar-refractivity contribution in [3.05, 3.63) is 29.3 Å². The Balaban J connectivity index is 2.47. The molecule has 0 spiro atoms. The SMILES string of the molecule is Cc1ccc(OCCOCCO)c(CNCC(C)C)c1. The van der Waals surface area contributed by atoms with Crippen LogP contribution in [0.2, 0.25) is 0 Å². The molecule has 0 saturated carbocycles. The highest BCUT2D eigenvalue weighted by molar-refractivity contribution is 5.36. The number of ether oxygens (including phenoxy) is 2. The molecule has 0 amide bonds. The second kappa shape index (κ2) is 9.75. The Bertz CT molecular complexity index is 380. The summed E-state index contributed by atoms with van der Waals surface area (Å²) in [6.07, 6.45) is 0. The minimum absolute atomic E-state index is 0.0505. The molecular weight excluding hydrogens is 254 g/mol. The van der Waals surface area contributed by atoms with Crippen molar-refractivity contribution in [2.24, 2.45) is 5.92 Å². The van der Waals surface area contributed by atoms with E-state index in [1.807, 2.05) is 6.07 Å². The zero-order valence-electron chi connectivity index (χ0n) is 12.8. The fraction of sp³-hybridized carbons (Fsp3) is 0.625. The van der Waals surface area contributed by atoms with E-state index in [-0.39, 0.29) is 6.61 Å². The number of aliphatic hydroxyl groups is 1. The van der Waals surface area contributed by atoms with Gasteiger partial charge >= 0.3 is 0 Å². The Morgan fingerprint density at radius 1 is 1.20 bits per heavy atom. The van der Waals surface area contributed by atoms with Crippen LogP contribution in [0.25, 0.3) is 0 Å². The van der Waals surface area contributed by atoms with E-state index in [0.29, 0.717) is 25.7 Å². The maximum Gasteiger partial charge on any atom is 0.123 e. The van der Waals surface area contributed by atoms with Crippen LogP contribution in [0, 0.1) is 12.8 Å². The van der Waals surface area contributed by atoms with Crippen LogP contribution in [0.5, 0.6) is 5.75 Å². The molecule has 0 aromatic heterocycles. The second-order valence-corrected chi connectivity index (χ2v) is 5.32. The standard InChI is InChI=1S/C16H27NO3/c1-13(2)11-17-12-15-10-14(3)4-5-16(15)20-9-8-19-7-6-18/h4-5,10,13,17-18H,6-9,11-12H2,1-3H3. The number of rotatable bonds is 10. The molecule has 0 saturated heterocycles. The molecule has 0 aliphatic heterocycles. The van der Waals surface area contributed by atoms with Crippen LogP contribution in [-0.4, -0.2) is 38.1 Å². The van der Waals surface area contributed by atoms with Gasteiger partial charge in [0.25, 0.3) is 0 Å². The summed E-state index contributed by atoms with van der Waals surface area (Å²) in [4.78, 5) is 0. The van der Waals surface area contributed by atoms with E-state index < -0.39 is 0 Å². The molecule has 1 aromatic rings. The number of benzene rings is 1. The molecule has 4 heteroatoms. The van der Waals surface area contributed by atoms with Crippen LogP contribution >= 0.6 is 0 Å². The van der Waals surface area contributed by atoms with Gasteiger partial charge in [-0.25, -0.2) is 0 Å². The number of hydrogen-bond acceptors (Lipinski definition) is 4. The van der Waals surface area contributed by atoms with Crippen molar-refractivity contribution in [2.45, 2.75) is 27.3 Å². The highest BCUT2D eigenvalue weighted by atomic mass is 16.5. The molecule has 1 aromatic carbocycles. The van der Waals surface area contributed by atoms with Crippen LogP contribution < -0.4 is 10.1 Å². The molecular formula is C16H27NO3.